The molecule has 3 heterocycles. The van der Waals surface area contributed by atoms with Gasteiger partial charge in [0.05, 0.1) is 22.4 Å². The van der Waals surface area contributed by atoms with Gasteiger partial charge < -0.3 is 8.98 Å². The van der Waals surface area contributed by atoms with Crippen LogP contribution in [-0.4, -0.2) is 10.3 Å². The van der Waals surface area contributed by atoms with Crippen molar-refractivity contribution < 1.29 is 4.42 Å². The molecular formula is C41H28N2OS. The average Bonchev–Trinajstić information content (AvgIpc) is 3.75. The molecule has 0 atom stereocenters. The minimum absolute atomic E-state index is 0.803. The minimum atomic E-state index is 0.803. The number of benzene rings is 6. The van der Waals surface area contributed by atoms with E-state index in [1.165, 1.54) is 37.2 Å². The molecule has 0 unspecified atom stereocenters. The number of aliphatic imine (C=N–C) groups is 1. The zero-order valence-corrected chi connectivity index (χ0v) is 25.6. The summed E-state index contributed by atoms with van der Waals surface area (Å²) >= 11 is 1.74. The molecule has 0 amide bonds. The Hall–Kier alpha value is -5.45. The number of para-hydroxylation sites is 3. The summed E-state index contributed by atoms with van der Waals surface area (Å²) in [6.45, 7) is 7.02. The molecule has 3 nitrogen and oxygen atoms in total. The Morgan fingerprint density at radius 3 is 2.22 bits per heavy atom. The summed E-state index contributed by atoms with van der Waals surface area (Å²) in [6.07, 6.45) is 0.888. The molecule has 0 N–H and O–H groups in total. The van der Waals surface area contributed by atoms with Gasteiger partial charge in [-0.3, -0.25) is 0 Å². The average molecular weight is 597 g/mol. The van der Waals surface area contributed by atoms with Gasteiger partial charge in [-0.25, -0.2) is 4.99 Å². The maximum absolute atomic E-state index is 6.59. The first-order valence-corrected chi connectivity index (χ1v) is 16.1. The number of aryl methyl sites for hydroxylation is 1. The molecule has 0 fully saturated rings. The van der Waals surface area contributed by atoms with Gasteiger partial charge in [-0.1, -0.05) is 104 Å². The molecule has 9 aromatic rings. The van der Waals surface area contributed by atoms with Crippen LogP contribution in [0.1, 0.15) is 18.1 Å². The Kier molecular flexibility index (Phi) is 5.80. The largest absolute Gasteiger partial charge is 0.455 e. The van der Waals surface area contributed by atoms with E-state index >= 15 is 0 Å². The van der Waals surface area contributed by atoms with E-state index in [0.29, 0.717) is 0 Å². The number of hydrogen-bond acceptors (Lipinski definition) is 3. The van der Waals surface area contributed by atoms with Gasteiger partial charge in [0.2, 0.25) is 0 Å². The van der Waals surface area contributed by atoms with Crippen molar-refractivity contribution in [1.82, 2.24) is 4.57 Å². The maximum atomic E-state index is 6.59. The summed E-state index contributed by atoms with van der Waals surface area (Å²) in [4.78, 5) is 5.54. The fraction of sp³-hybridized carbons (Fsp3) is 0.0488. The number of rotatable bonds is 5. The second-order valence-electron chi connectivity index (χ2n) is 11.5. The Bertz CT molecular complexity index is 2660. The zero-order valence-electron chi connectivity index (χ0n) is 24.7. The fourth-order valence-corrected chi connectivity index (χ4v) is 8.06. The van der Waals surface area contributed by atoms with E-state index in [4.69, 9.17) is 16.0 Å². The van der Waals surface area contributed by atoms with Crippen molar-refractivity contribution in [3.8, 4) is 0 Å². The lowest BCUT2D eigenvalue weighted by atomic mass is 10.0. The minimum Gasteiger partial charge on any atom is -0.455 e. The van der Waals surface area contributed by atoms with E-state index in [1.807, 2.05) is 12.1 Å². The van der Waals surface area contributed by atoms with Gasteiger partial charge in [0.1, 0.15) is 16.2 Å². The number of nitrogens with zero attached hydrogens (tertiary/aromatic N) is 2. The van der Waals surface area contributed by atoms with Crippen LogP contribution in [0.2, 0.25) is 0 Å². The molecule has 45 heavy (non-hydrogen) atoms. The van der Waals surface area contributed by atoms with Crippen molar-refractivity contribution in [2.75, 3.05) is 0 Å². The van der Waals surface area contributed by atoms with Gasteiger partial charge in [-0.15, -0.1) is 11.3 Å². The van der Waals surface area contributed by atoms with Gasteiger partial charge in [-0.2, -0.15) is 0 Å². The molecular weight excluding hydrogens is 569 g/mol. The van der Waals surface area contributed by atoms with Crippen LogP contribution < -0.4 is 0 Å². The van der Waals surface area contributed by atoms with Crippen LogP contribution in [-0.2, 0) is 6.42 Å². The summed E-state index contributed by atoms with van der Waals surface area (Å²) in [6, 6.07) is 44.9. The first-order chi connectivity index (χ1) is 22.2. The van der Waals surface area contributed by atoms with Crippen molar-refractivity contribution in [1.29, 1.82) is 0 Å². The third-order valence-corrected chi connectivity index (χ3v) is 10.1. The fourth-order valence-electron chi connectivity index (χ4n) is 6.89. The summed E-state index contributed by atoms with van der Waals surface area (Å²) in [7, 11) is 0. The van der Waals surface area contributed by atoms with E-state index < -0.39 is 0 Å². The normalized spacial score (nSPS) is 12.4. The van der Waals surface area contributed by atoms with Crippen LogP contribution in [0.3, 0.4) is 0 Å². The van der Waals surface area contributed by atoms with Crippen molar-refractivity contribution in [2.45, 2.75) is 13.3 Å². The number of allylic oxidation sites excluding steroid dienone is 1. The second kappa shape index (κ2) is 10.0. The molecule has 3 aromatic heterocycles. The molecule has 0 spiro atoms. The first-order valence-electron chi connectivity index (χ1n) is 15.3. The summed E-state index contributed by atoms with van der Waals surface area (Å²) in [5, 5.41) is 9.24. The lowest BCUT2D eigenvalue weighted by Gasteiger charge is -2.15. The van der Waals surface area contributed by atoms with Crippen LogP contribution in [0.25, 0.3) is 70.3 Å². The highest BCUT2D eigenvalue weighted by molar-refractivity contribution is 7.22. The predicted molar refractivity (Wildman–Crippen MR) is 193 cm³/mol. The summed E-state index contributed by atoms with van der Waals surface area (Å²) in [5.41, 5.74) is 7.70. The Morgan fingerprint density at radius 2 is 1.38 bits per heavy atom. The smallest absolute Gasteiger partial charge is 0.144 e. The Morgan fingerprint density at radius 1 is 0.689 bits per heavy atom. The zero-order chi connectivity index (χ0) is 30.1. The molecule has 0 aliphatic heterocycles. The van der Waals surface area contributed by atoms with Crippen molar-refractivity contribution in [3.05, 3.63) is 145 Å². The molecule has 0 saturated carbocycles. The lowest BCUT2D eigenvalue weighted by molar-refractivity contribution is 0.668. The van der Waals surface area contributed by atoms with Gasteiger partial charge in [-0.05, 0) is 64.5 Å². The second-order valence-corrected chi connectivity index (χ2v) is 12.5. The number of furan rings is 1. The number of aromatic nitrogens is 1. The maximum Gasteiger partial charge on any atom is 0.144 e. The molecule has 4 heteroatoms. The van der Waals surface area contributed by atoms with Gasteiger partial charge >= 0.3 is 0 Å². The topological polar surface area (TPSA) is 30.4 Å². The number of hydrogen-bond donors (Lipinski definition) is 0. The van der Waals surface area contributed by atoms with Crippen LogP contribution in [0.4, 0.5) is 5.00 Å². The number of fused-ring (bicyclic) bond motifs is 8. The SMILES string of the molecule is C=C(/C(=N\c1sc2ccccc2c1CC)c1cccc2c1oc1ccccc12)n1c2ccccc2c2cc3ccccc3cc21. The molecule has 6 aromatic carbocycles. The predicted octanol–water partition coefficient (Wildman–Crippen LogP) is 11.9. The molecule has 0 aliphatic carbocycles. The van der Waals surface area contributed by atoms with Gasteiger partial charge in [0.25, 0.3) is 0 Å². The van der Waals surface area contributed by atoms with E-state index in [2.05, 4.69) is 127 Å². The molecule has 0 saturated heterocycles. The van der Waals surface area contributed by atoms with E-state index in [0.717, 1.165) is 61.4 Å². The van der Waals surface area contributed by atoms with Gasteiger partial charge in [0, 0.05) is 31.8 Å². The van der Waals surface area contributed by atoms with Crippen molar-refractivity contribution in [2.24, 2.45) is 4.99 Å². The lowest BCUT2D eigenvalue weighted by Crippen LogP contribution is -2.10. The Labute approximate surface area is 264 Å². The van der Waals surface area contributed by atoms with Crippen molar-refractivity contribution >= 4 is 92.3 Å². The molecule has 0 radical (unpaired) electrons. The van der Waals surface area contributed by atoms with Crippen LogP contribution in [0.5, 0.6) is 0 Å². The third kappa shape index (κ3) is 3.92. The van der Waals surface area contributed by atoms with Crippen LogP contribution in [0.15, 0.2) is 143 Å². The quantitative estimate of drug-likeness (QED) is 0.182. The highest BCUT2D eigenvalue weighted by atomic mass is 32.1. The molecule has 0 aliphatic rings. The summed E-state index contributed by atoms with van der Waals surface area (Å²) in [5.74, 6) is 0. The van der Waals surface area contributed by atoms with Crippen LogP contribution >= 0.6 is 11.3 Å². The van der Waals surface area contributed by atoms with Crippen LogP contribution in [0, 0.1) is 0 Å². The molecule has 214 valence electrons. The first kappa shape index (κ1) is 26.0. The third-order valence-electron chi connectivity index (χ3n) is 8.99. The standard InChI is InChI=1S/C41H28N2OS/c1-3-28-31-17-8-11-22-38(31)45-41(28)42-39(33-19-12-18-32-30-16-7-10-21-37(30)44-40(32)33)25(2)43-35-20-9-6-15-29(35)34-23-26-13-4-5-14-27(26)24-36(34)43/h4-24H,2-3H2,1H3/b42-39+. The molecule has 9 rings (SSSR count). The highest BCUT2D eigenvalue weighted by Gasteiger charge is 2.23. The molecule has 0 bridgehead atoms. The van der Waals surface area contributed by atoms with E-state index in [-0.39, 0.29) is 0 Å². The Balaban J connectivity index is 1.38. The van der Waals surface area contributed by atoms with E-state index in [9.17, 15) is 0 Å². The van der Waals surface area contributed by atoms with E-state index in [1.54, 1.807) is 11.3 Å². The van der Waals surface area contributed by atoms with Crippen molar-refractivity contribution in [3.63, 3.8) is 0 Å². The highest BCUT2D eigenvalue weighted by Crippen LogP contribution is 2.42. The summed E-state index contributed by atoms with van der Waals surface area (Å²) < 4.78 is 10.1. The monoisotopic (exact) mass is 596 g/mol. The number of thiophene rings is 1. The van der Waals surface area contributed by atoms with Gasteiger partial charge in [0.15, 0.2) is 0 Å².